The summed E-state index contributed by atoms with van der Waals surface area (Å²) >= 11 is 6.17. The van der Waals surface area contributed by atoms with Crippen LogP contribution in [0.3, 0.4) is 0 Å². The number of carboxylic acids is 1. The van der Waals surface area contributed by atoms with Gasteiger partial charge in [-0.25, -0.2) is 4.79 Å². The molecule has 0 aliphatic heterocycles. The summed E-state index contributed by atoms with van der Waals surface area (Å²) in [4.78, 5) is 23.0. The molecule has 4 nitrogen and oxygen atoms in total. The highest BCUT2D eigenvalue weighted by molar-refractivity contribution is 6.32. The monoisotopic (exact) mass is 386 g/mol. The molecule has 5 heteroatoms. The summed E-state index contributed by atoms with van der Waals surface area (Å²) < 4.78 is 0. The fraction of sp³-hybridized carbons (Fsp3) is 0.273. The molecule has 2 N–H and O–H groups in total. The van der Waals surface area contributed by atoms with E-state index in [1.54, 1.807) is 37.3 Å². The Hall–Kier alpha value is -2.43. The Bertz CT molecular complexity index is 874. The summed E-state index contributed by atoms with van der Waals surface area (Å²) in [6.45, 7) is 5.25. The van der Waals surface area contributed by atoms with Crippen LogP contribution in [0.1, 0.15) is 32.8 Å². The van der Waals surface area contributed by atoms with Crippen LogP contribution in [0.2, 0.25) is 5.02 Å². The molecule has 1 aromatic rings. The van der Waals surface area contributed by atoms with Gasteiger partial charge in [-0.15, -0.1) is 0 Å². The number of allylic oxidation sites excluding steroid dienone is 3. The Kier molecular flexibility index (Phi) is 6.24. The molecule has 1 aromatic carbocycles. The SMILES string of the molecule is CC(=C/C(=O)O)/C=C/[C@@]1(O)C(/C=C/c2ccccc2Cl)=CC(=O)CC1(C)C. The van der Waals surface area contributed by atoms with E-state index in [0.717, 1.165) is 11.6 Å². The normalized spacial score (nSPS) is 23.1. The van der Waals surface area contributed by atoms with E-state index in [9.17, 15) is 14.7 Å². The van der Waals surface area contributed by atoms with Crippen molar-refractivity contribution in [2.75, 3.05) is 0 Å². The Balaban J connectivity index is 2.48. The summed E-state index contributed by atoms with van der Waals surface area (Å²) in [5, 5.41) is 20.9. The van der Waals surface area contributed by atoms with Crippen molar-refractivity contribution in [3.05, 3.63) is 76.4 Å². The molecule has 142 valence electrons. The summed E-state index contributed by atoms with van der Waals surface area (Å²) in [5.41, 5.74) is -0.518. The number of aliphatic hydroxyl groups is 1. The van der Waals surface area contributed by atoms with Crippen LogP contribution in [0.25, 0.3) is 6.08 Å². The summed E-state index contributed by atoms with van der Waals surface area (Å²) in [5.74, 6) is -1.13. The van der Waals surface area contributed by atoms with Gasteiger partial charge in [-0.1, -0.05) is 61.9 Å². The van der Waals surface area contributed by atoms with Gasteiger partial charge in [0.15, 0.2) is 5.78 Å². The van der Waals surface area contributed by atoms with Crippen LogP contribution in [0.15, 0.2) is 65.8 Å². The molecule has 1 atom stereocenters. The fourth-order valence-electron chi connectivity index (χ4n) is 3.08. The second-order valence-electron chi connectivity index (χ2n) is 7.31. The molecule has 0 saturated heterocycles. The zero-order valence-electron chi connectivity index (χ0n) is 15.6. The summed E-state index contributed by atoms with van der Waals surface area (Å²) in [6.07, 6.45) is 9.21. The molecule has 0 heterocycles. The molecule has 0 saturated carbocycles. The number of benzene rings is 1. The zero-order chi connectivity index (χ0) is 20.2. The van der Waals surface area contributed by atoms with Crippen LogP contribution >= 0.6 is 11.6 Å². The predicted octanol–water partition coefficient (Wildman–Crippen LogP) is 4.60. The molecule has 1 aliphatic rings. The molecule has 0 fully saturated rings. The topological polar surface area (TPSA) is 74.6 Å². The molecular weight excluding hydrogens is 364 g/mol. The second-order valence-corrected chi connectivity index (χ2v) is 7.72. The smallest absolute Gasteiger partial charge is 0.328 e. The standard InChI is InChI=1S/C22H23ClO4/c1-15(12-20(25)26)10-11-22(27)17(13-18(24)14-21(22,2)3)9-8-16-6-4-5-7-19(16)23/h4-13,27H,14H2,1-3H3,(H,25,26)/b9-8+,11-10+,15-12-/t22-/m1/s1. The number of halogens is 1. The first-order chi connectivity index (χ1) is 12.5. The highest BCUT2D eigenvalue weighted by Crippen LogP contribution is 2.45. The van der Waals surface area contributed by atoms with Gasteiger partial charge in [-0.3, -0.25) is 4.79 Å². The number of carbonyl (C=O) groups excluding carboxylic acids is 1. The fourth-order valence-corrected chi connectivity index (χ4v) is 3.28. The van der Waals surface area contributed by atoms with E-state index in [2.05, 4.69) is 0 Å². The number of ketones is 1. The van der Waals surface area contributed by atoms with Gasteiger partial charge in [0.1, 0.15) is 5.60 Å². The summed E-state index contributed by atoms with van der Waals surface area (Å²) in [6, 6.07) is 7.27. The third-order valence-corrected chi connectivity index (χ3v) is 5.04. The quantitative estimate of drug-likeness (QED) is 0.573. The zero-order valence-corrected chi connectivity index (χ0v) is 16.3. The van der Waals surface area contributed by atoms with Gasteiger partial charge < -0.3 is 10.2 Å². The van der Waals surface area contributed by atoms with Crippen LogP contribution in [0.4, 0.5) is 0 Å². The van der Waals surface area contributed by atoms with Crippen LogP contribution in [-0.4, -0.2) is 27.6 Å². The van der Waals surface area contributed by atoms with Crippen molar-refractivity contribution in [3.63, 3.8) is 0 Å². The van der Waals surface area contributed by atoms with Crippen molar-refractivity contribution in [3.8, 4) is 0 Å². The van der Waals surface area contributed by atoms with E-state index in [-0.39, 0.29) is 12.2 Å². The molecule has 0 amide bonds. The van der Waals surface area contributed by atoms with Gasteiger partial charge in [0, 0.05) is 22.9 Å². The maximum Gasteiger partial charge on any atom is 0.328 e. The predicted molar refractivity (Wildman–Crippen MR) is 107 cm³/mol. The lowest BCUT2D eigenvalue weighted by atomic mass is 9.64. The lowest BCUT2D eigenvalue weighted by Crippen LogP contribution is -2.48. The average molecular weight is 387 g/mol. The van der Waals surface area contributed by atoms with Crippen molar-refractivity contribution >= 4 is 29.4 Å². The van der Waals surface area contributed by atoms with Gasteiger partial charge in [-0.2, -0.15) is 0 Å². The number of hydrogen-bond acceptors (Lipinski definition) is 3. The molecule has 0 bridgehead atoms. The Morgan fingerprint density at radius 3 is 2.52 bits per heavy atom. The summed E-state index contributed by atoms with van der Waals surface area (Å²) in [7, 11) is 0. The van der Waals surface area contributed by atoms with Crippen LogP contribution < -0.4 is 0 Å². The van der Waals surface area contributed by atoms with Gasteiger partial charge in [-0.05, 0) is 41.9 Å². The molecule has 0 unspecified atom stereocenters. The minimum atomic E-state index is -1.44. The van der Waals surface area contributed by atoms with Crippen molar-refractivity contribution in [2.45, 2.75) is 32.8 Å². The van der Waals surface area contributed by atoms with Gasteiger partial charge in [0.25, 0.3) is 0 Å². The average Bonchev–Trinajstić information content (AvgIpc) is 2.55. The maximum atomic E-state index is 12.2. The van der Waals surface area contributed by atoms with Gasteiger partial charge >= 0.3 is 5.97 Å². The first-order valence-corrected chi connectivity index (χ1v) is 8.93. The third kappa shape index (κ3) is 4.85. The Morgan fingerprint density at radius 1 is 1.22 bits per heavy atom. The molecule has 27 heavy (non-hydrogen) atoms. The molecule has 2 rings (SSSR count). The Labute approximate surface area is 164 Å². The minimum Gasteiger partial charge on any atom is -0.478 e. The van der Waals surface area contributed by atoms with E-state index in [4.69, 9.17) is 16.7 Å². The maximum absolute atomic E-state index is 12.2. The highest BCUT2D eigenvalue weighted by atomic mass is 35.5. The van der Waals surface area contributed by atoms with E-state index < -0.39 is 17.0 Å². The second kappa shape index (κ2) is 8.07. The first kappa shape index (κ1) is 20.9. The number of rotatable bonds is 5. The van der Waals surface area contributed by atoms with Crippen molar-refractivity contribution in [1.29, 1.82) is 0 Å². The van der Waals surface area contributed by atoms with E-state index in [0.29, 0.717) is 16.2 Å². The van der Waals surface area contributed by atoms with Crippen LogP contribution in [-0.2, 0) is 9.59 Å². The first-order valence-electron chi connectivity index (χ1n) is 8.55. The lowest BCUT2D eigenvalue weighted by Gasteiger charge is -2.44. The largest absolute Gasteiger partial charge is 0.478 e. The van der Waals surface area contributed by atoms with Crippen molar-refractivity contribution in [2.24, 2.45) is 5.41 Å². The Morgan fingerprint density at radius 2 is 1.89 bits per heavy atom. The van der Waals surface area contributed by atoms with E-state index in [1.807, 2.05) is 32.0 Å². The van der Waals surface area contributed by atoms with Gasteiger partial charge in [0.2, 0.25) is 0 Å². The third-order valence-electron chi connectivity index (χ3n) is 4.69. The highest BCUT2D eigenvalue weighted by Gasteiger charge is 2.47. The van der Waals surface area contributed by atoms with E-state index >= 15 is 0 Å². The van der Waals surface area contributed by atoms with Crippen LogP contribution in [0, 0.1) is 5.41 Å². The molecule has 0 radical (unpaired) electrons. The number of aliphatic carboxylic acids is 1. The lowest BCUT2D eigenvalue weighted by molar-refractivity contribution is -0.131. The van der Waals surface area contributed by atoms with Crippen molar-refractivity contribution in [1.82, 2.24) is 0 Å². The molecular formula is C22H23ClO4. The molecule has 0 aromatic heterocycles. The number of carbonyl (C=O) groups is 2. The van der Waals surface area contributed by atoms with E-state index in [1.165, 1.54) is 6.08 Å². The number of carboxylic acid groups (broad SMARTS) is 1. The molecule has 1 aliphatic carbocycles. The number of hydrogen-bond donors (Lipinski definition) is 2. The van der Waals surface area contributed by atoms with Crippen LogP contribution in [0.5, 0.6) is 0 Å². The van der Waals surface area contributed by atoms with Crippen molar-refractivity contribution < 1.29 is 19.8 Å². The van der Waals surface area contributed by atoms with Gasteiger partial charge in [0.05, 0.1) is 0 Å². The minimum absolute atomic E-state index is 0.0744. The molecule has 0 spiro atoms.